The molecule has 10 heteroatoms. The number of quaternary nitrogens is 1. The molecule has 0 aromatic carbocycles. The van der Waals surface area contributed by atoms with E-state index in [1.165, 1.54) is 25.7 Å². The van der Waals surface area contributed by atoms with Crippen LogP contribution in [0.15, 0.2) is 12.2 Å². The third-order valence-electron chi connectivity index (χ3n) is 6.14. The van der Waals surface area contributed by atoms with Gasteiger partial charge in [0.1, 0.15) is 19.8 Å². The van der Waals surface area contributed by atoms with Crippen LogP contribution in [0.25, 0.3) is 0 Å². The summed E-state index contributed by atoms with van der Waals surface area (Å²) in [5.74, 6) is -0.826. The summed E-state index contributed by atoms with van der Waals surface area (Å²) in [7, 11) is 1.47. The van der Waals surface area contributed by atoms with Crippen LogP contribution in [0.4, 0.5) is 0 Å². The minimum atomic E-state index is -4.35. The molecule has 230 valence electrons. The summed E-state index contributed by atoms with van der Waals surface area (Å²) >= 11 is 0. The van der Waals surface area contributed by atoms with Gasteiger partial charge in [-0.3, -0.25) is 18.6 Å². The lowest BCUT2D eigenvalue weighted by atomic mass is 10.1. The highest BCUT2D eigenvalue weighted by atomic mass is 31.2. The fourth-order valence-electron chi connectivity index (χ4n) is 3.72. The molecule has 0 aliphatic carbocycles. The molecule has 0 aliphatic heterocycles. The van der Waals surface area contributed by atoms with Crippen molar-refractivity contribution in [1.29, 1.82) is 0 Å². The molecule has 0 fully saturated rings. The van der Waals surface area contributed by atoms with E-state index in [4.69, 9.17) is 18.5 Å². The maximum atomic E-state index is 12.4. The van der Waals surface area contributed by atoms with E-state index in [0.29, 0.717) is 17.4 Å². The first-order valence-corrected chi connectivity index (χ1v) is 16.4. The molecular weight excluding hydrogens is 521 g/mol. The van der Waals surface area contributed by atoms with Gasteiger partial charge in [-0.2, -0.15) is 0 Å². The van der Waals surface area contributed by atoms with Crippen molar-refractivity contribution in [3.8, 4) is 0 Å². The van der Waals surface area contributed by atoms with Gasteiger partial charge in [-0.1, -0.05) is 76.9 Å². The minimum Gasteiger partial charge on any atom is -0.462 e. The number of carbonyl (C=O) groups excluding carboxylic acids is 2. The van der Waals surface area contributed by atoms with Crippen LogP contribution in [0.3, 0.4) is 0 Å². The molecule has 0 rings (SSSR count). The fraction of sp³-hybridized carbons (Fsp3) is 0.862. The molecule has 0 spiro atoms. The molecule has 0 saturated carbocycles. The van der Waals surface area contributed by atoms with Gasteiger partial charge in [0.15, 0.2) is 6.10 Å². The lowest BCUT2D eigenvalue weighted by Gasteiger charge is -2.24. The highest BCUT2D eigenvalue weighted by molar-refractivity contribution is 7.47. The van der Waals surface area contributed by atoms with E-state index >= 15 is 0 Å². The zero-order valence-electron chi connectivity index (χ0n) is 25.4. The molecule has 9 nitrogen and oxygen atoms in total. The van der Waals surface area contributed by atoms with Gasteiger partial charge < -0.3 is 18.9 Å². The standard InChI is InChI=1S/C29H56NO8P/c1-6-8-10-12-14-16-18-20-22-29(32)38-27(26-37-39(33,34)36-24-23-30(3,4)5)25-35-28(31)21-19-17-15-13-11-9-7-2/h6,8,27H,7,9-26H2,1-5H3/p+1/b8-6-/t27-/m0/s1. The quantitative estimate of drug-likeness (QED) is 0.0396. The third kappa shape index (κ3) is 26.7. The Morgan fingerprint density at radius 2 is 1.38 bits per heavy atom. The predicted octanol–water partition coefficient (Wildman–Crippen LogP) is 6.73. The minimum absolute atomic E-state index is 0.0316. The van der Waals surface area contributed by atoms with Crippen LogP contribution in [-0.4, -0.2) is 74.9 Å². The first-order valence-electron chi connectivity index (χ1n) is 14.9. The first kappa shape index (κ1) is 37.8. The number of hydrogen-bond acceptors (Lipinski definition) is 7. The number of nitrogens with zero attached hydrogens (tertiary/aromatic N) is 1. The molecule has 0 bridgehead atoms. The Morgan fingerprint density at radius 3 is 1.97 bits per heavy atom. The Morgan fingerprint density at radius 1 is 0.821 bits per heavy atom. The van der Waals surface area contributed by atoms with E-state index in [1.807, 2.05) is 28.1 Å². The van der Waals surface area contributed by atoms with Crippen molar-refractivity contribution in [2.24, 2.45) is 0 Å². The molecule has 1 N–H and O–H groups in total. The lowest BCUT2D eigenvalue weighted by molar-refractivity contribution is -0.870. The maximum Gasteiger partial charge on any atom is 0.472 e. The van der Waals surface area contributed by atoms with Gasteiger partial charge in [-0.25, -0.2) is 4.57 Å². The Bertz CT molecular complexity index is 708. The number of allylic oxidation sites excluding steroid dienone is 2. The molecule has 0 heterocycles. The van der Waals surface area contributed by atoms with Gasteiger partial charge in [0, 0.05) is 12.8 Å². The average molecular weight is 579 g/mol. The third-order valence-corrected chi connectivity index (χ3v) is 7.12. The highest BCUT2D eigenvalue weighted by Crippen LogP contribution is 2.43. The zero-order valence-corrected chi connectivity index (χ0v) is 26.3. The highest BCUT2D eigenvalue weighted by Gasteiger charge is 2.27. The van der Waals surface area contributed by atoms with E-state index in [2.05, 4.69) is 19.1 Å². The summed E-state index contributed by atoms with van der Waals surface area (Å²) < 4.78 is 33.7. The van der Waals surface area contributed by atoms with E-state index in [1.54, 1.807) is 0 Å². The Hall–Kier alpha value is -1.25. The van der Waals surface area contributed by atoms with Gasteiger partial charge in [0.05, 0.1) is 27.7 Å². The summed E-state index contributed by atoms with van der Waals surface area (Å²) in [6, 6.07) is 0. The average Bonchev–Trinajstić information content (AvgIpc) is 2.85. The molecule has 0 aromatic heterocycles. The second-order valence-corrected chi connectivity index (χ2v) is 12.6. The number of unbranched alkanes of at least 4 members (excludes halogenated alkanes) is 11. The number of phosphoric ester groups is 1. The van der Waals surface area contributed by atoms with Crippen molar-refractivity contribution in [1.82, 2.24) is 0 Å². The summed E-state index contributed by atoms with van der Waals surface area (Å²) in [6.45, 7) is 4.10. The van der Waals surface area contributed by atoms with E-state index in [-0.39, 0.29) is 32.0 Å². The number of phosphoric acid groups is 1. The Kier molecular flexibility index (Phi) is 22.7. The van der Waals surface area contributed by atoms with E-state index < -0.39 is 26.5 Å². The van der Waals surface area contributed by atoms with Crippen LogP contribution >= 0.6 is 7.82 Å². The van der Waals surface area contributed by atoms with Gasteiger partial charge in [-0.15, -0.1) is 0 Å². The molecule has 0 amide bonds. The predicted molar refractivity (Wildman–Crippen MR) is 155 cm³/mol. The molecule has 0 aliphatic rings. The number of carbonyl (C=O) groups is 2. The molecule has 0 saturated heterocycles. The van der Waals surface area contributed by atoms with E-state index in [9.17, 15) is 19.0 Å². The second kappa shape index (κ2) is 23.5. The Labute approximate surface area is 237 Å². The number of rotatable bonds is 26. The van der Waals surface area contributed by atoms with Crippen LogP contribution in [0.1, 0.15) is 110 Å². The van der Waals surface area contributed by atoms with Crippen molar-refractivity contribution < 1.29 is 42.1 Å². The first-order chi connectivity index (χ1) is 18.5. The summed E-state index contributed by atoms with van der Waals surface area (Å²) in [5.41, 5.74) is 0. The summed E-state index contributed by atoms with van der Waals surface area (Å²) in [5, 5.41) is 0. The van der Waals surface area contributed by atoms with Crippen molar-refractivity contribution in [2.75, 3.05) is 47.5 Å². The topological polar surface area (TPSA) is 108 Å². The van der Waals surface area contributed by atoms with Crippen molar-refractivity contribution in [2.45, 2.75) is 116 Å². The van der Waals surface area contributed by atoms with E-state index in [0.717, 1.165) is 51.4 Å². The summed E-state index contributed by atoms with van der Waals surface area (Å²) in [6.07, 6.45) is 17.4. The second-order valence-electron chi connectivity index (χ2n) is 11.2. The molecule has 2 atom stereocenters. The van der Waals surface area contributed by atoms with Crippen LogP contribution < -0.4 is 0 Å². The fourth-order valence-corrected chi connectivity index (χ4v) is 4.46. The monoisotopic (exact) mass is 578 g/mol. The van der Waals surface area contributed by atoms with Gasteiger partial charge in [0.2, 0.25) is 0 Å². The number of esters is 2. The Balaban J connectivity index is 4.58. The largest absolute Gasteiger partial charge is 0.472 e. The smallest absolute Gasteiger partial charge is 0.462 e. The van der Waals surface area contributed by atoms with Crippen LogP contribution in [0.5, 0.6) is 0 Å². The zero-order chi connectivity index (χ0) is 29.4. The SMILES string of the molecule is C/C=C\CCCCCCCC(=O)O[C@@H](COC(=O)CCCCCCCCC)COP(=O)(O)OCC[N+](C)(C)C. The van der Waals surface area contributed by atoms with Crippen molar-refractivity contribution in [3.05, 3.63) is 12.2 Å². The molecule has 39 heavy (non-hydrogen) atoms. The maximum absolute atomic E-state index is 12.4. The number of ether oxygens (including phenoxy) is 2. The van der Waals surface area contributed by atoms with Crippen LogP contribution in [-0.2, 0) is 32.7 Å². The molecule has 0 radical (unpaired) electrons. The van der Waals surface area contributed by atoms with Gasteiger partial charge in [0.25, 0.3) is 0 Å². The lowest BCUT2D eigenvalue weighted by Crippen LogP contribution is -2.37. The van der Waals surface area contributed by atoms with Crippen LogP contribution in [0.2, 0.25) is 0 Å². The molecule has 0 aromatic rings. The van der Waals surface area contributed by atoms with Crippen molar-refractivity contribution in [3.63, 3.8) is 0 Å². The van der Waals surface area contributed by atoms with Gasteiger partial charge >= 0.3 is 19.8 Å². The number of likely N-dealkylation sites (N-methyl/N-ethyl adjacent to an activating group) is 1. The molecular formula is C29H57NO8P+. The number of hydrogen-bond donors (Lipinski definition) is 1. The van der Waals surface area contributed by atoms with Crippen LogP contribution in [0, 0.1) is 0 Å². The molecule has 1 unspecified atom stereocenters. The summed E-state index contributed by atoms with van der Waals surface area (Å²) in [4.78, 5) is 34.6. The van der Waals surface area contributed by atoms with Gasteiger partial charge in [-0.05, 0) is 32.6 Å². The normalized spacial score (nSPS) is 14.3. The van der Waals surface area contributed by atoms with Crippen molar-refractivity contribution >= 4 is 19.8 Å².